The first-order valence-electron chi connectivity index (χ1n) is 12.5. The number of aromatic amines is 1. The second kappa shape index (κ2) is 10.6. The number of morpholine rings is 1. The van der Waals surface area contributed by atoms with Crippen LogP contribution in [-0.4, -0.2) is 70.1 Å². The maximum atomic E-state index is 12.4. The number of carbonyl (C=O) groups excluding carboxylic acids is 1. The summed E-state index contributed by atoms with van der Waals surface area (Å²) in [5.41, 5.74) is 4.33. The molecule has 2 amide bonds. The summed E-state index contributed by atoms with van der Waals surface area (Å²) in [7, 11) is 0. The van der Waals surface area contributed by atoms with E-state index in [9.17, 15) is 4.79 Å². The van der Waals surface area contributed by atoms with Gasteiger partial charge in [-0.2, -0.15) is 5.10 Å². The Morgan fingerprint density at radius 3 is 2.59 bits per heavy atom. The van der Waals surface area contributed by atoms with Crippen molar-refractivity contribution in [3.05, 3.63) is 60.6 Å². The minimum absolute atomic E-state index is 0.0750. The first kappa shape index (κ1) is 24.8. The van der Waals surface area contributed by atoms with Gasteiger partial charge in [-0.15, -0.1) is 0 Å². The van der Waals surface area contributed by atoms with Crippen molar-refractivity contribution in [2.75, 3.05) is 50.1 Å². The number of urea groups is 1. The fraction of sp³-hybridized carbons (Fsp3) is 0.370. The molecule has 0 unspecified atom stereocenters. The number of nitrogens with one attached hydrogen (secondary N) is 3. The molecule has 0 radical (unpaired) electrons. The van der Waals surface area contributed by atoms with E-state index in [4.69, 9.17) is 9.47 Å². The number of imidazole rings is 1. The summed E-state index contributed by atoms with van der Waals surface area (Å²) in [5.74, 6) is 1.29. The number of nitrogens with zero attached hydrogens (tertiary/aromatic N) is 4. The Hall–Kier alpha value is -3.89. The second-order valence-electron chi connectivity index (χ2n) is 10.1. The third-order valence-electron chi connectivity index (χ3n) is 6.33. The van der Waals surface area contributed by atoms with Crippen LogP contribution >= 0.6 is 0 Å². The zero-order chi connectivity index (χ0) is 25.8. The van der Waals surface area contributed by atoms with E-state index in [2.05, 4.69) is 51.5 Å². The van der Waals surface area contributed by atoms with E-state index in [1.807, 2.05) is 53.1 Å². The number of ether oxygens (including phenoxy) is 2. The average Bonchev–Trinajstić information content (AvgIpc) is 3.52. The van der Waals surface area contributed by atoms with Gasteiger partial charge in [0.2, 0.25) is 0 Å². The highest BCUT2D eigenvalue weighted by Crippen LogP contribution is 2.24. The highest BCUT2D eigenvalue weighted by atomic mass is 16.5. The molecule has 1 saturated heterocycles. The predicted molar refractivity (Wildman–Crippen MR) is 144 cm³/mol. The van der Waals surface area contributed by atoms with Crippen LogP contribution in [0.1, 0.15) is 26.5 Å². The fourth-order valence-corrected chi connectivity index (χ4v) is 4.16. The number of hydrogen-bond acceptors (Lipinski definition) is 6. The predicted octanol–water partition coefficient (Wildman–Crippen LogP) is 4.40. The molecule has 0 atom stereocenters. The summed E-state index contributed by atoms with van der Waals surface area (Å²) in [4.78, 5) is 19.3. The third kappa shape index (κ3) is 6.10. The van der Waals surface area contributed by atoms with Crippen molar-refractivity contribution < 1.29 is 14.3 Å². The Labute approximate surface area is 216 Å². The Kier molecular flexibility index (Phi) is 7.11. The number of H-pyrrole nitrogens is 1. The van der Waals surface area contributed by atoms with E-state index < -0.39 is 0 Å². The molecule has 3 heterocycles. The lowest BCUT2D eigenvalue weighted by molar-refractivity contribution is 0.0322. The molecule has 4 aromatic rings. The Balaban J connectivity index is 1.18. The van der Waals surface area contributed by atoms with Gasteiger partial charge in [-0.3, -0.25) is 19.9 Å². The number of aromatic nitrogens is 4. The number of anilines is 2. The van der Waals surface area contributed by atoms with Crippen LogP contribution < -0.4 is 15.4 Å². The lowest BCUT2D eigenvalue weighted by Gasteiger charge is -2.26. The average molecular weight is 504 g/mol. The molecule has 194 valence electrons. The third-order valence-corrected chi connectivity index (χ3v) is 6.33. The number of fused-ring (bicyclic) bond motifs is 1. The molecular weight excluding hydrogens is 470 g/mol. The molecule has 1 aliphatic heterocycles. The molecule has 0 saturated carbocycles. The smallest absolute Gasteiger partial charge is 0.324 e. The first-order chi connectivity index (χ1) is 17.8. The molecule has 2 aromatic heterocycles. The summed E-state index contributed by atoms with van der Waals surface area (Å²) < 4.78 is 13.4. The van der Waals surface area contributed by atoms with Crippen molar-refractivity contribution >= 4 is 28.6 Å². The van der Waals surface area contributed by atoms with Crippen LogP contribution in [0.25, 0.3) is 16.7 Å². The van der Waals surface area contributed by atoms with E-state index in [1.165, 1.54) is 0 Å². The summed E-state index contributed by atoms with van der Waals surface area (Å²) in [6, 6.07) is 15.0. The minimum Gasteiger partial charge on any atom is -0.492 e. The quantitative estimate of drug-likeness (QED) is 0.345. The fourth-order valence-electron chi connectivity index (χ4n) is 4.16. The van der Waals surface area contributed by atoms with E-state index in [1.54, 1.807) is 6.33 Å². The molecule has 3 N–H and O–H groups in total. The second-order valence-corrected chi connectivity index (χ2v) is 10.1. The van der Waals surface area contributed by atoms with Crippen molar-refractivity contribution in [3.8, 4) is 11.4 Å². The lowest BCUT2D eigenvalue weighted by atomic mass is 9.92. The molecule has 10 nitrogen and oxygen atoms in total. The molecule has 0 bridgehead atoms. The molecule has 1 fully saturated rings. The number of carbonyl (C=O) groups is 1. The molecular formula is C27H33N7O3. The van der Waals surface area contributed by atoms with Gasteiger partial charge in [-0.1, -0.05) is 20.8 Å². The summed E-state index contributed by atoms with van der Waals surface area (Å²) in [6.07, 6.45) is 1.79. The zero-order valence-electron chi connectivity index (χ0n) is 21.5. The van der Waals surface area contributed by atoms with Crippen molar-refractivity contribution in [2.45, 2.75) is 26.2 Å². The van der Waals surface area contributed by atoms with Crippen LogP contribution in [0.15, 0.2) is 54.9 Å². The minimum atomic E-state index is -0.353. The van der Waals surface area contributed by atoms with E-state index in [-0.39, 0.29) is 11.4 Å². The Bertz CT molecular complexity index is 1350. The standard InChI is InChI=1S/C27H33N7O3/c1-27(2,3)24-17-25(32-31-24)30-26(35)29-19-4-6-20(7-5-19)34-18-28-22-16-21(8-9-23(22)34)37-15-12-33-10-13-36-14-11-33/h4-9,16-18H,10-15H2,1-3H3,(H3,29,30,31,32,35). The monoisotopic (exact) mass is 503 g/mol. The Morgan fingerprint density at radius 1 is 1.08 bits per heavy atom. The largest absolute Gasteiger partial charge is 0.492 e. The highest BCUT2D eigenvalue weighted by Gasteiger charge is 2.17. The number of rotatable bonds is 7. The highest BCUT2D eigenvalue weighted by molar-refractivity contribution is 5.99. The number of amides is 2. The van der Waals surface area contributed by atoms with Gasteiger partial charge in [-0.25, -0.2) is 9.78 Å². The van der Waals surface area contributed by atoms with Crippen molar-refractivity contribution in [1.29, 1.82) is 0 Å². The molecule has 5 rings (SSSR count). The SMILES string of the molecule is CC(C)(C)c1cc(NC(=O)Nc2ccc(-n3cnc4cc(OCCN5CCOCC5)ccc43)cc2)n[nH]1. The topological polar surface area (TPSA) is 109 Å². The summed E-state index contributed by atoms with van der Waals surface area (Å²) in [5, 5.41) is 12.7. The maximum absolute atomic E-state index is 12.4. The van der Waals surface area contributed by atoms with Gasteiger partial charge in [0.25, 0.3) is 0 Å². The molecule has 37 heavy (non-hydrogen) atoms. The van der Waals surface area contributed by atoms with Crippen molar-refractivity contribution in [1.82, 2.24) is 24.6 Å². The van der Waals surface area contributed by atoms with Gasteiger partial charge >= 0.3 is 6.03 Å². The van der Waals surface area contributed by atoms with Gasteiger partial charge in [0.1, 0.15) is 18.7 Å². The van der Waals surface area contributed by atoms with Gasteiger partial charge < -0.3 is 14.8 Å². The number of benzene rings is 2. The van der Waals surface area contributed by atoms with Crippen LogP contribution in [0.3, 0.4) is 0 Å². The van der Waals surface area contributed by atoms with Gasteiger partial charge in [0.15, 0.2) is 5.82 Å². The maximum Gasteiger partial charge on any atom is 0.324 e. The summed E-state index contributed by atoms with van der Waals surface area (Å²) >= 11 is 0. The first-order valence-corrected chi connectivity index (χ1v) is 12.5. The van der Waals surface area contributed by atoms with E-state index in [0.717, 1.165) is 61.0 Å². The van der Waals surface area contributed by atoms with E-state index in [0.29, 0.717) is 18.1 Å². The van der Waals surface area contributed by atoms with Gasteiger partial charge in [0, 0.05) is 54.3 Å². The van der Waals surface area contributed by atoms with E-state index >= 15 is 0 Å². The summed E-state index contributed by atoms with van der Waals surface area (Å²) in [6.45, 7) is 11.2. The lowest BCUT2D eigenvalue weighted by Crippen LogP contribution is -2.38. The van der Waals surface area contributed by atoms with Crippen LogP contribution in [0.5, 0.6) is 5.75 Å². The number of hydrogen-bond donors (Lipinski definition) is 3. The Morgan fingerprint density at radius 2 is 1.86 bits per heavy atom. The molecule has 1 aliphatic rings. The molecule has 0 aliphatic carbocycles. The molecule has 0 spiro atoms. The zero-order valence-corrected chi connectivity index (χ0v) is 21.5. The van der Waals surface area contributed by atoms with Crippen molar-refractivity contribution in [3.63, 3.8) is 0 Å². The van der Waals surface area contributed by atoms with Crippen LogP contribution in [-0.2, 0) is 10.2 Å². The van der Waals surface area contributed by atoms with Gasteiger partial charge in [-0.05, 0) is 36.4 Å². The van der Waals surface area contributed by atoms with Gasteiger partial charge in [0.05, 0.1) is 24.2 Å². The van der Waals surface area contributed by atoms with Crippen LogP contribution in [0, 0.1) is 0 Å². The molecule has 10 heteroatoms. The van der Waals surface area contributed by atoms with Crippen LogP contribution in [0.2, 0.25) is 0 Å². The van der Waals surface area contributed by atoms with Crippen molar-refractivity contribution in [2.24, 2.45) is 0 Å². The molecule has 2 aromatic carbocycles. The van der Waals surface area contributed by atoms with Crippen LogP contribution in [0.4, 0.5) is 16.3 Å². The normalized spacial score (nSPS) is 14.6.